The molecule has 10 nitrogen and oxygen atoms in total. The van der Waals surface area contributed by atoms with Gasteiger partial charge in [-0.15, -0.1) is 0 Å². The zero-order valence-corrected chi connectivity index (χ0v) is 17.1. The Morgan fingerprint density at radius 1 is 1.28 bits per heavy atom. The molecule has 0 aromatic carbocycles. The van der Waals surface area contributed by atoms with Crippen molar-refractivity contribution in [2.24, 2.45) is 11.7 Å². The van der Waals surface area contributed by atoms with Crippen molar-refractivity contribution < 1.29 is 24.4 Å². The highest BCUT2D eigenvalue weighted by Gasteiger charge is 2.60. The van der Waals surface area contributed by atoms with Gasteiger partial charge >= 0.3 is 7.12 Å². The molecule has 5 N–H and O–H groups in total. The van der Waals surface area contributed by atoms with Gasteiger partial charge in [0.2, 0.25) is 5.88 Å². The van der Waals surface area contributed by atoms with E-state index in [0.717, 1.165) is 25.7 Å². The number of rotatable bonds is 6. The molecule has 0 spiro atoms. The third-order valence-electron chi connectivity index (χ3n) is 6.41. The normalized spacial score (nSPS) is 23.9. The lowest BCUT2D eigenvalue weighted by Gasteiger charge is -2.29. The highest BCUT2D eigenvalue weighted by atomic mass is 16.5. The molecule has 2 aliphatic carbocycles. The summed E-state index contributed by atoms with van der Waals surface area (Å²) in [6.07, 6.45) is 7.61. The number of nitrogens with one attached hydrogen (secondary N) is 1. The quantitative estimate of drug-likeness (QED) is 0.386. The lowest BCUT2D eigenvalue weighted by atomic mass is 9.82. The van der Waals surface area contributed by atoms with Crippen molar-refractivity contribution in [2.45, 2.75) is 37.3 Å². The third kappa shape index (κ3) is 3.59. The van der Waals surface area contributed by atoms with Gasteiger partial charge < -0.3 is 25.8 Å². The van der Waals surface area contributed by atoms with Gasteiger partial charge in [0.25, 0.3) is 11.8 Å². The van der Waals surface area contributed by atoms with Gasteiger partial charge in [0, 0.05) is 29.8 Å². The van der Waals surface area contributed by atoms with E-state index in [9.17, 15) is 19.6 Å². The maximum Gasteiger partial charge on any atom is 0.490 e. The highest BCUT2D eigenvalue weighted by molar-refractivity contribution is 6.58. The molecular weight excluding hydrogens is 413 g/mol. The van der Waals surface area contributed by atoms with Crippen LogP contribution in [0.2, 0.25) is 0 Å². The van der Waals surface area contributed by atoms with Crippen molar-refractivity contribution >= 4 is 29.9 Å². The molecule has 164 valence electrons. The lowest BCUT2D eigenvalue weighted by molar-refractivity contribution is 0.0849. The number of amides is 2. The van der Waals surface area contributed by atoms with E-state index in [1.807, 2.05) is 0 Å². The summed E-state index contributed by atoms with van der Waals surface area (Å²) in [5, 5.41) is 25.8. The largest absolute Gasteiger partial charge is 0.490 e. The predicted octanol–water partition coefficient (Wildman–Crippen LogP) is -0.372. The molecule has 2 amide bonds. The fourth-order valence-electron chi connectivity index (χ4n) is 4.59. The Morgan fingerprint density at radius 3 is 2.88 bits per heavy atom. The van der Waals surface area contributed by atoms with Crippen LogP contribution in [-0.2, 0) is 0 Å². The monoisotopic (exact) mass is 435 g/mol. The Labute approximate surface area is 183 Å². The number of fused-ring (bicyclic) bond motifs is 2. The molecule has 11 heteroatoms. The average molecular weight is 435 g/mol. The molecule has 3 aromatic rings. The van der Waals surface area contributed by atoms with Gasteiger partial charge in [-0.2, -0.15) is 5.10 Å². The molecule has 1 unspecified atom stereocenters. The second-order valence-corrected chi connectivity index (χ2v) is 8.46. The van der Waals surface area contributed by atoms with Gasteiger partial charge in [0.1, 0.15) is 11.2 Å². The topological polar surface area (TPSA) is 152 Å². The first-order valence-corrected chi connectivity index (χ1v) is 10.4. The van der Waals surface area contributed by atoms with E-state index in [2.05, 4.69) is 15.4 Å². The van der Waals surface area contributed by atoms with Crippen LogP contribution in [0.5, 0.6) is 5.88 Å². The van der Waals surface area contributed by atoms with Crippen LogP contribution in [0.3, 0.4) is 0 Å². The molecule has 0 saturated heterocycles. The molecule has 0 radical (unpaired) electrons. The molecule has 2 fully saturated rings. The Balaban J connectivity index is 1.24. The minimum absolute atomic E-state index is 0.000411. The van der Waals surface area contributed by atoms with Gasteiger partial charge in [0.15, 0.2) is 0 Å². The number of ether oxygens (including phenoxy) is 1. The van der Waals surface area contributed by atoms with E-state index >= 15 is 0 Å². The predicted molar refractivity (Wildman–Crippen MR) is 114 cm³/mol. The average Bonchev–Trinajstić information content (AvgIpc) is 3.30. The van der Waals surface area contributed by atoms with E-state index < -0.39 is 13.0 Å². The maximum atomic E-state index is 12.9. The molecule has 0 aliphatic heterocycles. The Morgan fingerprint density at radius 2 is 2.12 bits per heavy atom. The van der Waals surface area contributed by atoms with Crippen LogP contribution in [0.25, 0.3) is 5.52 Å². The number of carbonyl (C=O) groups is 2. The second kappa shape index (κ2) is 7.61. The number of nitrogens with zero attached hydrogens (tertiary/aromatic N) is 3. The summed E-state index contributed by atoms with van der Waals surface area (Å²) in [6, 6.07) is 6.44. The Kier molecular flexibility index (Phi) is 4.87. The van der Waals surface area contributed by atoms with E-state index in [1.165, 1.54) is 16.9 Å². The summed E-state index contributed by atoms with van der Waals surface area (Å²) in [4.78, 5) is 28.7. The first-order valence-electron chi connectivity index (χ1n) is 10.4. The zero-order chi connectivity index (χ0) is 22.5. The highest BCUT2D eigenvalue weighted by Crippen LogP contribution is 2.56. The summed E-state index contributed by atoms with van der Waals surface area (Å²) in [5.74, 6) is -0.265. The fraction of sp³-hybridized carbons (Fsp3) is 0.333. The fourth-order valence-corrected chi connectivity index (χ4v) is 4.59. The molecule has 3 atom stereocenters. The van der Waals surface area contributed by atoms with Gasteiger partial charge in [-0.3, -0.25) is 9.59 Å². The van der Waals surface area contributed by atoms with Gasteiger partial charge in [-0.1, -0.05) is 6.07 Å². The first-order chi connectivity index (χ1) is 15.4. The Hall–Kier alpha value is -3.44. The molecule has 0 bridgehead atoms. The molecular formula is C21H22BN5O5. The SMILES string of the molecule is NC(=O)c1cccnc1O[C@@]12CC[C@H](NC(=O)c3cnn4cc(B(O)O)ccc34)CC1C2. The van der Waals surface area contributed by atoms with Crippen LogP contribution in [0.15, 0.2) is 42.9 Å². The van der Waals surface area contributed by atoms with Crippen molar-refractivity contribution in [3.8, 4) is 5.88 Å². The van der Waals surface area contributed by atoms with Gasteiger partial charge in [-0.25, -0.2) is 9.50 Å². The number of pyridine rings is 2. The van der Waals surface area contributed by atoms with Crippen molar-refractivity contribution in [1.29, 1.82) is 0 Å². The molecule has 3 heterocycles. The van der Waals surface area contributed by atoms with Crippen LogP contribution < -0.4 is 21.3 Å². The van der Waals surface area contributed by atoms with Crippen molar-refractivity contribution in [3.63, 3.8) is 0 Å². The van der Waals surface area contributed by atoms with Crippen LogP contribution in [0.4, 0.5) is 0 Å². The number of aromatic nitrogens is 3. The number of hydrogen-bond donors (Lipinski definition) is 4. The lowest BCUT2D eigenvalue weighted by Crippen LogP contribution is -2.40. The Bertz CT molecular complexity index is 1210. The second-order valence-electron chi connectivity index (χ2n) is 8.46. The number of carbonyl (C=O) groups excluding carboxylic acids is 2. The summed E-state index contributed by atoms with van der Waals surface area (Å²) in [6.45, 7) is 0. The number of hydrogen-bond acceptors (Lipinski definition) is 7. The van der Waals surface area contributed by atoms with Crippen LogP contribution in [0.1, 0.15) is 46.4 Å². The van der Waals surface area contributed by atoms with Gasteiger partial charge in [0.05, 0.1) is 17.3 Å². The summed E-state index contributed by atoms with van der Waals surface area (Å²) in [7, 11) is -1.60. The number of nitrogens with two attached hydrogens (primary N) is 1. The minimum Gasteiger partial charge on any atom is -0.470 e. The molecule has 32 heavy (non-hydrogen) atoms. The van der Waals surface area contributed by atoms with Gasteiger partial charge in [-0.05, 0) is 43.9 Å². The molecule has 5 rings (SSSR count). The summed E-state index contributed by atoms with van der Waals surface area (Å²) < 4.78 is 7.60. The van der Waals surface area contributed by atoms with Crippen molar-refractivity contribution in [2.75, 3.05) is 0 Å². The molecule has 3 aromatic heterocycles. The van der Waals surface area contributed by atoms with Crippen LogP contribution in [-0.4, -0.2) is 55.2 Å². The smallest absolute Gasteiger partial charge is 0.470 e. The maximum absolute atomic E-state index is 12.9. The summed E-state index contributed by atoms with van der Waals surface area (Å²) >= 11 is 0. The van der Waals surface area contributed by atoms with E-state index in [-0.39, 0.29) is 40.4 Å². The standard InChI is InChI=1S/C21H22BN5O5/c23-18(28)15-2-1-7-24-20(15)32-21-6-5-14(8-12(21)9-21)26-19(29)16-10-25-27-11-13(22(30)31)3-4-17(16)27/h1-4,7,10-12,14,30-31H,5-6,8-9H2,(H2,23,28)(H,26,29)/t12?,14-,21+/m0/s1. The van der Waals surface area contributed by atoms with Crippen molar-refractivity contribution in [3.05, 3.63) is 54.0 Å². The van der Waals surface area contributed by atoms with Crippen LogP contribution in [0, 0.1) is 5.92 Å². The number of primary amides is 1. The zero-order valence-electron chi connectivity index (χ0n) is 17.1. The van der Waals surface area contributed by atoms with Crippen LogP contribution >= 0.6 is 0 Å². The first kappa shape index (κ1) is 20.5. The molecule has 2 aliphatic rings. The van der Waals surface area contributed by atoms with E-state index in [4.69, 9.17) is 10.5 Å². The summed E-state index contributed by atoms with van der Waals surface area (Å²) in [5.41, 5.74) is 6.64. The molecule has 2 saturated carbocycles. The third-order valence-corrected chi connectivity index (χ3v) is 6.41. The minimum atomic E-state index is -1.60. The van der Waals surface area contributed by atoms with E-state index in [1.54, 1.807) is 30.5 Å². The van der Waals surface area contributed by atoms with E-state index in [0.29, 0.717) is 11.1 Å². The van der Waals surface area contributed by atoms with Crippen molar-refractivity contribution in [1.82, 2.24) is 19.9 Å².